The maximum Gasteiger partial charge on any atom is 0.339 e. The summed E-state index contributed by atoms with van der Waals surface area (Å²) in [5.74, 6) is -0.703. The monoisotopic (exact) mass is 276 g/mol. The fourth-order valence-corrected chi connectivity index (χ4v) is 1.88. The van der Waals surface area contributed by atoms with Crippen molar-refractivity contribution in [3.63, 3.8) is 0 Å². The number of aromatic carboxylic acids is 1. The van der Waals surface area contributed by atoms with Crippen molar-refractivity contribution in [3.05, 3.63) is 42.0 Å². The molecule has 0 aliphatic rings. The highest BCUT2D eigenvalue weighted by Gasteiger charge is 2.12. The van der Waals surface area contributed by atoms with Gasteiger partial charge >= 0.3 is 5.97 Å². The van der Waals surface area contributed by atoms with E-state index in [1.807, 2.05) is 24.3 Å². The first-order chi connectivity index (χ1) is 9.72. The largest absolute Gasteiger partial charge is 0.490 e. The molecular formula is C15H16O5. The highest BCUT2D eigenvalue weighted by atomic mass is 16.5. The molecule has 5 nitrogen and oxygen atoms in total. The number of carboxylic acid groups (broad SMARTS) is 1. The molecule has 0 radical (unpaired) electrons. The number of fused-ring (bicyclic) bond motifs is 1. The van der Waals surface area contributed by atoms with Crippen molar-refractivity contribution in [3.8, 4) is 5.75 Å². The van der Waals surface area contributed by atoms with Gasteiger partial charge in [-0.25, -0.2) is 4.79 Å². The predicted molar refractivity (Wildman–Crippen MR) is 74.3 cm³/mol. The average molecular weight is 276 g/mol. The van der Waals surface area contributed by atoms with Crippen molar-refractivity contribution >= 4 is 16.7 Å². The molecule has 0 saturated carbocycles. The van der Waals surface area contributed by atoms with Crippen LogP contribution in [0, 0.1) is 0 Å². The number of carbonyl (C=O) groups is 1. The SMILES string of the molecule is O=C(O)c1cc2ccccc2cc1OCCOCCO. The fraction of sp³-hybridized carbons (Fsp3) is 0.267. The summed E-state index contributed by atoms with van der Waals surface area (Å²) in [5, 5.41) is 19.6. The van der Waals surface area contributed by atoms with Crippen LogP contribution in [0.5, 0.6) is 5.75 Å². The summed E-state index contributed by atoms with van der Waals surface area (Å²) in [6, 6.07) is 10.8. The van der Waals surface area contributed by atoms with Gasteiger partial charge in [0.15, 0.2) is 0 Å². The smallest absolute Gasteiger partial charge is 0.339 e. The summed E-state index contributed by atoms with van der Waals surface area (Å²) in [7, 11) is 0. The molecule has 2 N–H and O–H groups in total. The Hall–Kier alpha value is -2.11. The molecule has 0 fully saturated rings. The van der Waals surface area contributed by atoms with Gasteiger partial charge in [-0.3, -0.25) is 0 Å². The van der Waals surface area contributed by atoms with Gasteiger partial charge in [-0.15, -0.1) is 0 Å². The molecule has 0 unspecified atom stereocenters. The van der Waals surface area contributed by atoms with Crippen molar-refractivity contribution in [2.24, 2.45) is 0 Å². The van der Waals surface area contributed by atoms with Gasteiger partial charge in [-0.05, 0) is 22.9 Å². The zero-order chi connectivity index (χ0) is 14.4. The molecule has 0 aliphatic heterocycles. The van der Waals surface area contributed by atoms with Crippen LogP contribution < -0.4 is 4.74 Å². The van der Waals surface area contributed by atoms with Crippen LogP contribution in [0.1, 0.15) is 10.4 Å². The lowest BCUT2D eigenvalue weighted by Gasteiger charge is -2.11. The molecule has 0 aromatic heterocycles. The van der Waals surface area contributed by atoms with Crippen LogP contribution in [0.3, 0.4) is 0 Å². The third-order valence-corrected chi connectivity index (χ3v) is 2.80. The van der Waals surface area contributed by atoms with Gasteiger partial charge in [0, 0.05) is 0 Å². The maximum absolute atomic E-state index is 11.3. The standard InChI is InChI=1S/C15H16O5/c16-5-6-19-7-8-20-14-10-12-4-2-1-3-11(12)9-13(14)15(17)18/h1-4,9-10,16H,5-8H2,(H,17,18). The van der Waals surface area contributed by atoms with Crippen molar-refractivity contribution in [2.75, 3.05) is 26.4 Å². The molecule has 2 rings (SSSR count). The zero-order valence-electron chi connectivity index (χ0n) is 10.9. The van der Waals surface area contributed by atoms with E-state index < -0.39 is 5.97 Å². The topological polar surface area (TPSA) is 76.0 Å². The summed E-state index contributed by atoms with van der Waals surface area (Å²) in [5.41, 5.74) is 0.130. The fourth-order valence-electron chi connectivity index (χ4n) is 1.88. The first kappa shape index (κ1) is 14.3. The number of aliphatic hydroxyl groups excluding tert-OH is 1. The Kier molecular flexibility index (Phi) is 4.92. The summed E-state index contributed by atoms with van der Waals surface area (Å²) < 4.78 is 10.5. The lowest BCUT2D eigenvalue weighted by Crippen LogP contribution is -2.11. The van der Waals surface area contributed by atoms with Crippen molar-refractivity contribution in [1.29, 1.82) is 0 Å². The van der Waals surface area contributed by atoms with Crippen molar-refractivity contribution < 1.29 is 24.5 Å². The normalized spacial score (nSPS) is 10.7. The molecule has 106 valence electrons. The third-order valence-electron chi connectivity index (χ3n) is 2.80. The first-order valence-corrected chi connectivity index (χ1v) is 6.30. The Morgan fingerprint density at radius 2 is 1.75 bits per heavy atom. The average Bonchev–Trinajstić information content (AvgIpc) is 2.46. The molecule has 2 aromatic rings. The van der Waals surface area contributed by atoms with E-state index >= 15 is 0 Å². The minimum atomic E-state index is -1.03. The van der Waals surface area contributed by atoms with Gasteiger partial charge in [0.2, 0.25) is 0 Å². The Bertz CT molecular complexity index is 594. The van der Waals surface area contributed by atoms with Crippen LogP contribution in [-0.2, 0) is 4.74 Å². The number of hydrogen-bond acceptors (Lipinski definition) is 4. The molecule has 0 spiro atoms. The molecule has 5 heteroatoms. The van der Waals surface area contributed by atoms with Crippen molar-refractivity contribution in [1.82, 2.24) is 0 Å². The van der Waals surface area contributed by atoms with Crippen LogP contribution in [-0.4, -0.2) is 42.6 Å². The number of rotatable bonds is 7. The molecule has 0 saturated heterocycles. The van der Waals surface area contributed by atoms with E-state index in [0.717, 1.165) is 10.8 Å². The lowest BCUT2D eigenvalue weighted by molar-refractivity contribution is 0.0657. The van der Waals surface area contributed by atoms with Crippen LogP contribution in [0.4, 0.5) is 0 Å². The highest BCUT2D eigenvalue weighted by Crippen LogP contribution is 2.26. The molecule has 2 aromatic carbocycles. The van der Waals surface area contributed by atoms with E-state index in [0.29, 0.717) is 12.4 Å². The van der Waals surface area contributed by atoms with E-state index in [2.05, 4.69) is 0 Å². The lowest BCUT2D eigenvalue weighted by atomic mass is 10.1. The Labute approximate surface area is 116 Å². The molecule has 0 bridgehead atoms. The van der Waals surface area contributed by atoms with E-state index in [1.165, 1.54) is 0 Å². The molecule has 20 heavy (non-hydrogen) atoms. The number of benzene rings is 2. The molecule has 0 atom stereocenters. The van der Waals surface area contributed by atoms with Gasteiger partial charge in [0.05, 0.1) is 19.8 Å². The summed E-state index contributed by atoms with van der Waals surface area (Å²) >= 11 is 0. The predicted octanol–water partition coefficient (Wildman–Crippen LogP) is 1.93. The minimum Gasteiger partial charge on any atom is -0.490 e. The number of ether oxygens (including phenoxy) is 2. The summed E-state index contributed by atoms with van der Waals surface area (Å²) in [4.78, 5) is 11.3. The van der Waals surface area contributed by atoms with E-state index in [4.69, 9.17) is 14.6 Å². The molecule has 0 heterocycles. The van der Waals surface area contributed by atoms with Gasteiger partial charge < -0.3 is 19.7 Å². The van der Waals surface area contributed by atoms with E-state index in [9.17, 15) is 9.90 Å². The maximum atomic E-state index is 11.3. The van der Waals surface area contributed by atoms with Gasteiger partial charge in [0.1, 0.15) is 17.9 Å². The van der Waals surface area contributed by atoms with E-state index in [1.54, 1.807) is 12.1 Å². The molecule has 0 aliphatic carbocycles. The number of hydrogen-bond donors (Lipinski definition) is 2. The molecular weight excluding hydrogens is 260 g/mol. The van der Waals surface area contributed by atoms with Crippen LogP contribution >= 0.6 is 0 Å². The first-order valence-electron chi connectivity index (χ1n) is 6.30. The second-order valence-electron chi connectivity index (χ2n) is 4.19. The number of aliphatic hydroxyl groups is 1. The summed E-state index contributed by atoms with van der Waals surface area (Å²) in [6.07, 6.45) is 0. The van der Waals surface area contributed by atoms with Crippen LogP contribution in [0.15, 0.2) is 36.4 Å². The quantitative estimate of drug-likeness (QED) is 0.756. The second kappa shape index (κ2) is 6.88. The Morgan fingerprint density at radius 1 is 1.05 bits per heavy atom. The van der Waals surface area contributed by atoms with Crippen LogP contribution in [0.2, 0.25) is 0 Å². The van der Waals surface area contributed by atoms with Gasteiger partial charge in [-0.1, -0.05) is 24.3 Å². The van der Waals surface area contributed by atoms with Crippen LogP contribution in [0.25, 0.3) is 10.8 Å². The minimum absolute atomic E-state index is 0.0453. The Morgan fingerprint density at radius 3 is 2.40 bits per heavy atom. The third kappa shape index (κ3) is 3.46. The molecule has 0 amide bonds. The van der Waals surface area contributed by atoms with Crippen molar-refractivity contribution in [2.45, 2.75) is 0 Å². The van der Waals surface area contributed by atoms with Gasteiger partial charge in [0.25, 0.3) is 0 Å². The van der Waals surface area contributed by atoms with E-state index in [-0.39, 0.29) is 25.4 Å². The number of carboxylic acids is 1. The highest BCUT2D eigenvalue weighted by molar-refractivity contribution is 5.97. The Balaban J connectivity index is 2.17. The zero-order valence-corrected chi connectivity index (χ0v) is 10.9. The summed E-state index contributed by atoms with van der Waals surface area (Å²) in [6.45, 7) is 0.730. The van der Waals surface area contributed by atoms with Gasteiger partial charge in [-0.2, -0.15) is 0 Å². The second-order valence-corrected chi connectivity index (χ2v) is 4.19.